The van der Waals surface area contributed by atoms with Crippen molar-refractivity contribution in [3.8, 4) is 34.1 Å². The van der Waals surface area contributed by atoms with E-state index >= 15 is 0 Å². The summed E-state index contributed by atoms with van der Waals surface area (Å²) in [4.78, 5) is 33.0. The van der Waals surface area contributed by atoms with Gasteiger partial charge in [0.1, 0.15) is 24.0 Å². The van der Waals surface area contributed by atoms with Crippen molar-refractivity contribution < 1.29 is 14.3 Å². The predicted octanol–water partition coefficient (Wildman–Crippen LogP) is 4.84. The number of imidazole rings is 1. The van der Waals surface area contributed by atoms with Crippen LogP contribution in [0.3, 0.4) is 0 Å². The molecule has 5 rings (SSSR count). The smallest absolute Gasteiger partial charge is 0.277 e. The molecule has 0 fully saturated rings. The van der Waals surface area contributed by atoms with E-state index in [0.29, 0.717) is 69.2 Å². The van der Waals surface area contributed by atoms with Crippen molar-refractivity contribution >= 4 is 28.8 Å². The van der Waals surface area contributed by atoms with Crippen LogP contribution in [0.5, 0.6) is 5.75 Å². The van der Waals surface area contributed by atoms with Gasteiger partial charge in [-0.2, -0.15) is 5.10 Å². The molecule has 0 aliphatic carbocycles. The molecule has 0 saturated carbocycles. The number of aromatic amines is 1. The van der Waals surface area contributed by atoms with E-state index in [1.807, 2.05) is 37.3 Å². The van der Waals surface area contributed by atoms with Gasteiger partial charge in [0, 0.05) is 25.2 Å². The average molecular weight is 576 g/mol. The second-order valence-corrected chi connectivity index (χ2v) is 9.74. The normalized spacial score (nSPS) is 11.2. The topological polar surface area (TPSA) is 128 Å². The average Bonchev–Trinajstić information content (AvgIpc) is 3.50. The first-order valence-electron chi connectivity index (χ1n) is 13.2. The lowest BCUT2D eigenvalue weighted by molar-refractivity contribution is -0.119. The van der Waals surface area contributed by atoms with Gasteiger partial charge in [0.25, 0.3) is 11.5 Å². The molecule has 0 bridgehead atoms. The quantitative estimate of drug-likeness (QED) is 0.244. The number of H-pyrrole nitrogens is 1. The fourth-order valence-electron chi connectivity index (χ4n) is 4.63. The molecule has 12 heteroatoms. The number of methoxy groups -OCH3 is 1. The third kappa shape index (κ3) is 5.59. The highest BCUT2D eigenvalue weighted by Crippen LogP contribution is 2.34. The van der Waals surface area contributed by atoms with Crippen LogP contribution >= 0.6 is 11.6 Å². The van der Waals surface area contributed by atoms with E-state index in [-0.39, 0.29) is 18.1 Å². The maximum atomic E-state index is 13.2. The van der Waals surface area contributed by atoms with Crippen molar-refractivity contribution in [3.05, 3.63) is 75.4 Å². The predicted molar refractivity (Wildman–Crippen MR) is 157 cm³/mol. The lowest BCUT2D eigenvalue weighted by Gasteiger charge is -2.12. The number of hydrogen-bond donors (Lipinski definition) is 2. The zero-order valence-electron chi connectivity index (χ0n) is 23.2. The molecule has 0 spiro atoms. The van der Waals surface area contributed by atoms with Gasteiger partial charge in [0.2, 0.25) is 0 Å². The summed E-state index contributed by atoms with van der Waals surface area (Å²) in [6.45, 7) is 6.03. The number of carbonyl (C=O) groups is 1. The number of carbonyl (C=O) groups excluding carboxylic acids is 1. The molecule has 0 atom stereocenters. The number of fused-ring (bicyclic) bond motifs is 1. The lowest BCUT2D eigenvalue weighted by Crippen LogP contribution is -2.19. The number of nitrogens with zero attached hydrogens (tertiary/aromatic N) is 5. The van der Waals surface area contributed by atoms with E-state index in [0.717, 1.165) is 12.2 Å². The van der Waals surface area contributed by atoms with Gasteiger partial charge in [0.15, 0.2) is 11.3 Å². The zero-order valence-corrected chi connectivity index (χ0v) is 24.0. The van der Waals surface area contributed by atoms with Crippen molar-refractivity contribution in [2.75, 3.05) is 25.6 Å². The number of aromatic nitrogens is 6. The number of benzene rings is 2. The van der Waals surface area contributed by atoms with E-state index in [9.17, 15) is 9.59 Å². The molecule has 2 aromatic carbocycles. The summed E-state index contributed by atoms with van der Waals surface area (Å²) in [5.41, 5.74) is 3.18. The number of halogens is 1. The minimum absolute atomic E-state index is 0.120. The summed E-state index contributed by atoms with van der Waals surface area (Å²) in [5, 5.41) is 12.8. The van der Waals surface area contributed by atoms with Crippen LogP contribution in [-0.4, -0.2) is 55.6 Å². The Labute approximate surface area is 241 Å². The van der Waals surface area contributed by atoms with Crippen LogP contribution in [0, 0.1) is 6.92 Å². The number of hydrogen-bond acceptors (Lipinski definition) is 7. The number of ether oxygens (including phenoxy) is 2. The monoisotopic (exact) mass is 575 g/mol. The van der Waals surface area contributed by atoms with Gasteiger partial charge in [-0.25, -0.2) is 14.2 Å². The summed E-state index contributed by atoms with van der Waals surface area (Å²) in [6, 6.07) is 14.5. The molecule has 5 aromatic rings. The summed E-state index contributed by atoms with van der Waals surface area (Å²) in [7, 11) is 1.45. The fraction of sp³-hybridized carbons (Fsp3) is 0.276. The number of rotatable bonds is 10. The van der Waals surface area contributed by atoms with Gasteiger partial charge in [-0.05, 0) is 50.6 Å². The highest BCUT2D eigenvalue weighted by molar-refractivity contribution is 6.32. The van der Waals surface area contributed by atoms with Crippen LogP contribution in [-0.2, 0) is 16.0 Å². The Hall–Kier alpha value is -4.48. The van der Waals surface area contributed by atoms with Crippen molar-refractivity contribution in [3.63, 3.8) is 0 Å². The van der Waals surface area contributed by atoms with E-state index in [4.69, 9.17) is 31.3 Å². The van der Waals surface area contributed by atoms with Gasteiger partial charge in [-0.15, -0.1) is 5.10 Å². The second kappa shape index (κ2) is 11.9. The van der Waals surface area contributed by atoms with Crippen LogP contribution < -0.4 is 15.6 Å². The number of aryl methyl sites for hydroxylation is 2. The minimum Gasteiger partial charge on any atom is -0.493 e. The molecular formula is C29H30ClN7O4. The molecule has 0 radical (unpaired) electrons. The van der Waals surface area contributed by atoms with Gasteiger partial charge in [-0.3, -0.25) is 9.59 Å². The molecule has 0 aliphatic rings. The highest BCUT2D eigenvalue weighted by atomic mass is 35.5. The minimum atomic E-state index is -0.340. The highest BCUT2D eigenvalue weighted by Gasteiger charge is 2.20. The van der Waals surface area contributed by atoms with Crippen LogP contribution in [0.1, 0.15) is 31.8 Å². The first-order chi connectivity index (χ1) is 19.8. The summed E-state index contributed by atoms with van der Waals surface area (Å²) in [5.74, 6) is 1.68. The van der Waals surface area contributed by atoms with Crippen LogP contribution in [0.4, 0.5) is 5.82 Å². The molecular weight excluding hydrogens is 546 g/mol. The molecule has 2 N–H and O–H groups in total. The molecule has 0 aliphatic heterocycles. The standard InChI is InChI=1S/C29H30ClN7O4/c1-5-9-24-31-17(3)27-29(39)33-28(35-37(24)27)19-14-18(12-13-23(19)41-6-2)21-15-25(32-26(38)16-40-4)36(34-21)22-11-8-7-10-20(22)30/h7-8,10-15H,5-6,9,16H2,1-4H3,(H,32,38)(H,33,35,39). The first kappa shape index (κ1) is 28.1. The largest absolute Gasteiger partial charge is 0.493 e. The summed E-state index contributed by atoms with van der Waals surface area (Å²) >= 11 is 6.48. The Bertz CT molecular complexity index is 1790. The molecule has 212 valence electrons. The SMILES string of the molecule is CCCc1nc(C)c2c(=O)[nH]c(-c3cc(-c4cc(NC(=O)COC)n(-c5ccccc5Cl)n4)ccc3OCC)nn12. The van der Waals surface area contributed by atoms with Crippen molar-refractivity contribution in [1.82, 2.24) is 29.4 Å². The van der Waals surface area contributed by atoms with E-state index in [1.165, 1.54) is 7.11 Å². The molecule has 41 heavy (non-hydrogen) atoms. The van der Waals surface area contributed by atoms with Crippen molar-refractivity contribution in [1.29, 1.82) is 0 Å². The fourth-order valence-corrected chi connectivity index (χ4v) is 4.84. The lowest BCUT2D eigenvalue weighted by atomic mass is 10.1. The van der Waals surface area contributed by atoms with E-state index in [1.54, 1.807) is 34.3 Å². The summed E-state index contributed by atoms with van der Waals surface area (Å²) in [6.07, 6.45) is 1.54. The molecule has 11 nitrogen and oxygen atoms in total. The Balaban J connectivity index is 1.66. The van der Waals surface area contributed by atoms with Gasteiger partial charge < -0.3 is 19.8 Å². The van der Waals surface area contributed by atoms with E-state index < -0.39 is 0 Å². The third-order valence-electron chi connectivity index (χ3n) is 6.38. The maximum absolute atomic E-state index is 13.2. The van der Waals surface area contributed by atoms with Crippen molar-refractivity contribution in [2.45, 2.75) is 33.6 Å². The van der Waals surface area contributed by atoms with Gasteiger partial charge in [-0.1, -0.05) is 30.7 Å². The Morgan fingerprint density at radius 2 is 1.93 bits per heavy atom. The molecule has 0 unspecified atom stereocenters. The molecule has 3 aromatic heterocycles. The van der Waals surface area contributed by atoms with Gasteiger partial charge >= 0.3 is 0 Å². The number of amides is 1. The van der Waals surface area contributed by atoms with Crippen LogP contribution in [0.25, 0.3) is 33.8 Å². The Morgan fingerprint density at radius 3 is 2.66 bits per heavy atom. The zero-order chi connectivity index (χ0) is 29.1. The molecule has 3 heterocycles. The molecule has 1 amide bonds. The Morgan fingerprint density at radius 1 is 1.12 bits per heavy atom. The maximum Gasteiger partial charge on any atom is 0.277 e. The number of para-hydroxylation sites is 1. The number of anilines is 1. The summed E-state index contributed by atoms with van der Waals surface area (Å²) < 4.78 is 14.1. The third-order valence-corrected chi connectivity index (χ3v) is 6.70. The van der Waals surface area contributed by atoms with Crippen LogP contribution in [0.2, 0.25) is 5.02 Å². The Kier molecular flexibility index (Phi) is 8.18. The van der Waals surface area contributed by atoms with Crippen molar-refractivity contribution in [2.24, 2.45) is 0 Å². The van der Waals surface area contributed by atoms with Gasteiger partial charge in [0.05, 0.1) is 34.3 Å². The van der Waals surface area contributed by atoms with Crippen LogP contribution in [0.15, 0.2) is 53.3 Å². The number of nitrogens with one attached hydrogen (secondary N) is 2. The van der Waals surface area contributed by atoms with E-state index in [2.05, 4.69) is 22.2 Å². The molecule has 0 saturated heterocycles. The first-order valence-corrected chi connectivity index (χ1v) is 13.6. The second-order valence-electron chi connectivity index (χ2n) is 9.33.